The summed E-state index contributed by atoms with van der Waals surface area (Å²) >= 11 is 0. The predicted octanol–water partition coefficient (Wildman–Crippen LogP) is 0.999. The number of aromatic nitrogens is 2. The van der Waals surface area contributed by atoms with E-state index in [4.69, 9.17) is 11.1 Å². The summed E-state index contributed by atoms with van der Waals surface area (Å²) in [6.45, 7) is 0.979. The summed E-state index contributed by atoms with van der Waals surface area (Å²) in [4.78, 5) is 0. The van der Waals surface area contributed by atoms with Crippen LogP contribution in [-0.4, -0.2) is 15.6 Å². The molecule has 3 N–H and O–H groups in total. The highest BCUT2D eigenvalue weighted by atomic mass is 35.5. The summed E-state index contributed by atoms with van der Waals surface area (Å²) in [5.74, 6) is 0.904. The van der Waals surface area contributed by atoms with E-state index < -0.39 is 0 Å². The van der Waals surface area contributed by atoms with Crippen LogP contribution in [0.15, 0.2) is 12.4 Å². The van der Waals surface area contributed by atoms with Gasteiger partial charge in [-0.3, -0.25) is 10.1 Å². The van der Waals surface area contributed by atoms with E-state index in [1.165, 1.54) is 12.8 Å². The number of halogens is 1. The highest BCUT2D eigenvalue weighted by Gasteiger charge is 2.21. The van der Waals surface area contributed by atoms with Crippen LogP contribution in [0.4, 0.5) is 0 Å². The minimum atomic E-state index is 0. The Labute approximate surface area is 83.0 Å². The van der Waals surface area contributed by atoms with Crippen LogP contribution in [0, 0.1) is 11.3 Å². The third-order valence-electron chi connectivity index (χ3n) is 2.09. The molecule has 1 aromatic heterocycles. The lowest BCUT2D eigenvalue weighted by Gasteiger charge is -1.96. The Hall–Kier alpha value is -1.03. The number of hydrogen-bond acceptors (Lipinski definition) is 2. The molecule has 2 rings (SSSR count). The molecule has 4 nitrogen and oxygen atoms in total. The molecule has 0 aromatic carbocycles. The first kappa shape index (κ1) is 10.1. The molecule has 5 heteroatoms. The van der Waals surface area contributed by atoms with Gasteiger partial charge in [-0.15, -0.1) is 12.4 Å². The number of hydrogen-bond donors (Lipinski definition) is 2. The largest absolute Gasteiger partial charge is 0.384 e. The molecular weight excluding hydrogens is 188 g/mol. The van der Waals surface area contributed by atoms with E-state index in [1.54, 1.807) is 6.20 Å². The maximum Gasteiger partial charge on any atom is 0.125 e. The zero-order valence-electron chi connectivity index (χ0n) is 7.23. The molecule has 0 amide bonds. The fraction of sp³-hybridized carbons (Fsp3) is 0.500. The lowest BCUT2D eigenvalue weighted by Crippen LogP contribution is -2.09. The van der Waals surface area contributed by atoms with Crippen molar-refractivity contribution in [1.82, 2.24) is 9.78 Å². The topological polar surface area (TPSA) is 67.7 Å². The molecular formula is C8H13ClN4. The molecule has 0 aliphatic heterocycles. The van der Waals surface area contributed by atoms with Crippen molar-refractivity contribution in [2.45, 2.75) is 19.4 Å². The zero-order chi connectivity index (χ0) is 8.55. The summed E-state index contributed by atoms with van der Waals surface area (Å²) in [6.07, 6.45) is 6.11. The monoisotopic (exact) mass is 200 g/mol. The molecule has 0 bridgehead atoms. The van der Waals surface area contributed by atoms with Gasteiger partial charge in [-0.25, -0.2) is 0 Å². The van der Waals surface area contributed by atoms with Gasteiger partial charge in [-0.2, -0.15) is 5.10 Å². The van der Waals surface area contributed by atoms with E-state index in [0.717, 1.165) is 18.0 Å². The van der Waals surface area contributed by atoms with Gasteiger partial charge < -0.3 is 5.73 Å². The van der Waals surface area contributed by atoms with Crippen LogP contribution in [0.1, 0.15) is 18.4 Å². The van der Waals surface area contributed by atoms with E-state index in [9.17, 15) is 0 Å². The molecule has 0 saturated heterocycles. The third-order valence-corrected chi connectivity index (χ3v) is 2.09. The summed E-state index contributed by atoms with van der Waals surface area (Å²) < 4.78 is 1.87. The molecule has 0 radical (unpaired) electrons. The van der Waals surface area contributed by atoms with Crippen molar-refractivity contribution < 1.29 is 0 Å². The van der Waals surface area contributed by atoms with E-state index in [1.807, 2.05) is 10.9 Å². The average molecular weight is 201 g/mol. The molecule has 1 aliphatic rings. The Morgan fingerprint density at radius 1 is 1.69 bits per heavy atom. The number of nitrogens with two attached hydrogens (primary N) is 1. The maximum absolute atomic E-state index is 7.17. The molecule has 1 aliphatic carbocycles. The van der Waals surface area contributed by atoms with Crippen molar-refractivity contribution >= 4 is 18.2 Å². The molecule has 1 aromatic rings. The first-order valence-electron chi connectivity index (χ1n) is 4.12. The Morgan fingerprint density at radius 3 is 2.85 bits per heavy atom. The van der Waals surface area contributed by atoms with Crippen LogP contribution in [-0.2, 0) is 6.54 Å². The zero-order valence-corrected chi connectivity index (χ0v) is 8.05. The van der Waals surface area contributed by atoms with Gasteiger partial charge >= 0.3 is 0 Å². The number of nitrogens with one attached hydrogen (secondary N) is 1. The second-order valence-electron chi connectivity index (χ2n) is 3.31. The first-order valence-corrected chi connectivity index (χ1v) is 4.12. The van der Waals surface area contributed by atoms with Gasteiger partial charge in [0.15, 0.2) is 0 Å². The van der Waals surface area contributed by atoms with Crippen LogP contribution in [0.2, 0.25) is 0 Å². The molecule has 0 unspecified atom stereocenters. The lowest BCUT2D eigenvalue weighted by atomic mass is 10.3. The standard InChI is InChI=1S/C8H12N4.ClH/c9-8(10)7-3-11-12(5-7)4-6-1-2-6;/h3,5-6H,1-2,4H2,(H3,9,10);1H. The fourth-order valence-electron chi connectivity index (χ4n) is 1.17. The minimum Gasteiger partial charge on any atom is -0.384 e. The van der Waals surface area contributed by atoms with Crippen molar-refractivity contribution in [1.29, 1.82) is 5.41 Å². The molecule has 72 valence electrons. The second-order valence-corrected chi connectivity index (χ2v) is 3.31. The van der Waals surface area contributed by atoms with Crippen molar-refractivity contribution in [3.05, 3.63) is 18.0 Å². The molecule has 0 spiro atoms. The summed E-state index contributed by atoms with van der Waals surface area (Å²) in [5, 5.41) is 11.3. The number of rotatable bonds is 3. The predicted molar refractivity (Wildman–Crippen MR) is 53.2 cm³/mol. The SMILES string of the molecule is Cl.N=C(N)c1cnn(CC2CC2)c1. The van der Waals surface area contributed by atoms with Crippen LogP contribution < -0.4 is 5.73 Å². The smallest absolute Gasteiger partial charge is 0.125 e. The van der Waals surface area contributed by atoms with Crippen molar-refractivity contribution in [2.75, 3.05) is 0 Å². The molecule has 1 heterocycles. The van der Waals surface area contributed by atoms with Crippen LogP contribution in [0.5, 0.6) is 0 Å². The van der Waals surface area contributed by atoms with Gasteiger partial charge in [0, 0.05) is 12.7 Å². The summed E-state index contributed by atoms with van der Waals surface area (Å²) in [6, 6.07) is 0. The Kier molecular flexibility index (Phi) is 2.93. The lowest BCUT2D eigenvalue weighted by molar-refractivity contribution is 0.563. The number of amidine groups is 1. The molecule has 0 atom stereocenters. The average Bonchev–Trinajstić information content (AvgIpc) is 2.66. The van der Waals surface area contributed by atoms with Crippen LogP contribution >= 0.6 is 12.4 Å². The fourth-order valence-corrected chi connectivity index (χ4v) is 1.17. The highest BCUT2D eigenvalue weighted by Crippen LogP contribution is 2.30. The maximum atomic E-state index is 7.17. The van der Waals surface area contributed by atoms with Crippen LogP contribution in [0.3, 0.4) is 0 Å². The third kappa shape index (κ3) is 2.45. The molecule has 1 saturated carbocycles. The molecule has 1 fully saturated rings. The van der Waals surface area contributed by atoms with Gasteiger partial charge in [0.2, 0.25) is 0 Å². The van der Waals surface area contributed by atoms with Crippen molar-refractivity contribution in [3.63, 3.8) is 0 Å². The van der Waals surface area contributed by atoms with Gasteiger partial charge in [-0.1, -0.05) is 0 Å². The quantitative estimate of drug-likeness (QED) is 0.565. The van der Waals surface area contributed by atoms with E-state index >= 15 is 0 Å². The Bertz CT molecular complexity index is 303. The van der Waals surface area contributed by atoms with Gasteiger partial charge in [0.1, 0.15) is 5.84 Å². The number of nitrogen functional groups attached to an aromatic ring is 1. The Balaban J connectivity index is 0.000000845. The van der Waals surface area contributed by atoms with Gasteiger partial charge in [-0.05, 0) is 18.8 Å². The summed E-state index contributed by atoms with van der Waals surface area (Å²) in [5.41, 5.74) is 6.02. The van der Waals surface area contributed by atoms with Crippen LogP contribution in [0.25, 0.3) is 0 Å². The second kappa shape index (κ2) is 3.79. The van der Waals surface area contributed by atoms with E-state index in [2.05, 4.69) is 5.10 Å². The summed E-state index contributed by atoms with van der Waals surface area (Å²) in [7, 11) is 0. The van der Waals surface area contributed by atoms with Crippen molar-refractivity contribution in [3.8, 4) is 0 Å². The number of nitrogens with zero attached hydrogens (tertiary/aromatic N) is 2. The first-order chi connectivity index (χ1) is 5.75. The van der Waals surface area contributed by atoms with Gasteiger partial charge in [0.05, 0.1) is 11.8 Å². The minimum absolute atomic E-state index is 0. The van der Waals surface area contributed by atoms with Crippen molar-refractivity contribution in [2.24, 2.45) is 11.7 Å². The normalized spacial score (nSPS) is 15.1. The Morgan fingerprint density at radius 2 is 2.38 bits per heavy atom. The molecule has 13 heavy (non-hydrogen) atoms. The van der Waals surface area contributed by atoms with E-state index in [-0.39, 0.29) is 18.2 Å². The highest BCUT2D eigenvalue weighted by molar-refractivity contribution is 5.94. The van der Waals surface area contributed by atoms with E-state index in [0.29, 0.717) is 0 Å². The van der Waals surface area contributed by atoms with Gasteiger partial charge in [0.25, 0.3) is 0 Å².